The van der Waals surface area contributed by atoms with E-state index in [1.165, 1.54) is 0 Å². The van der Waals surface area contributed by atoms with Crippen LogP contribution in [0.1, 0.15) is 31.4 Å². The quantitative estimate of drug-likeness (QED) is 0.102. The van der Waals surface area contributed by atoms with Crippen LogP contribution in [0.5, 0.6) is 0 Å². The average molecular weight is 607 g/mol. The van der Waals surface area contributed by atoms with Gasteiger partial charge < -0.3 is 36.8 Å². The third kappa shape index (κ3) is 7.57. The molecule has 11 nitrogen and oxygen atoms in total. The number of aliphatic carboxylic acids is 1. The topological polar surface area (TPSA) is 182 Å². The van der Waals surface area contributed by atoms with E-state index in [1.54, 1.807) is 6.20 Å². The van der Waals surface area contributed by atoms with Crippen molar-refractivity contribution in [2.75, 3.05) is 5.75 Å². The van der Waals surface area contributed by atoms with Gasteiger partial charge in [-0.15, -0.1) is 0 Å². The standard InChI is InChI=1S/C31H38N6O5S/c1-3-17(2)27(37-28(38)22(32)12-18-14-33-23-10-6-4-8-20(18)23)30(40)36-26(16-43)29(39)35-25(31(41)42)13-19-15-34-24-11-7-5-9-21(19)24/h4-11,14-15,17,22,25-27,33-34,43H,3,12-13,16,32H2,1-2H3,(H,35,39)(H,36,40)(H,37,38)(H,41,42). The molecule has 0 radical (unpaired) electrons. The van der Waals surface area contributed by atoms with Crippen LogP contribution in [0.4, 0.5) is 0 Å². The van der Waals surface area contributed by atoms with Gasteiger partial charge in [0.15, 0.2) is 0 Å². The van der Waals surface area contributed by atoms with E-state index in [0.717, 1.165) is 32.9 Å². The first-order valence-electron chi connectivity index (χ1n) is 14.2. The lowest BCUT2D eigenvalue weighted by Gasteiger charge is -2.27. The molecule has 0 aliphatic heterocycles. The molecule has 2 aromatic carbocycles. The number of hydrogen-bond acceptors (Lipinski definition) is 6. The lowest BCUT2D eigenvalue weighted by Crippen LogP contribution is -2.59. The summed E-state index contributed by atoms with van der Waals surface area (Å²) in [7, 11) is 0. The minimum absolute atomic E-state index is 0.0399. The molecular weight excluding hydrogens is 568 g/mol. The molecule has 8 N–H and O–H groups in total. The summed E-state index contributed by atoms with van der Waals surface area (Å²) in [5.74, 6) is -3.35. The van der Waals surface area contributed by atoms with Crippen molar-refractivity contribution in [3.63, 3.8) is 0 Å². The zero-order valence-electron chi connectivity index (χ0n) is 24.1. The lowest BCUT2D eigenvalue weighted by atomic mass is 9.97. The van der Waals surface area contributed by atoms with Gasteiger partial charge in [0.25, 0.3) is 0 Å². The Hall–Kier alpha value is -4.29. The Morgan fingerprint density at radius 1 is 0.814 bits per heavy atom. The molecule has 0 bridgehead atoms. The summed E-state index contributed by atoms with van der Waals surface area (Å²) in [6.45, 7) is 3.70. The zero-order valence-corrected chi connectivity index (χ0v) is 25.0. The van der Waals surface area contributed by atoms with Crippen molar-refractivity contribution in [3.8, 4) is 0 Å². The second-order valence-corrected chi connectivity index (χ2v) is 11.1. The summed E-state index contributed by atoms with van der Waals surface area (Å²) in [5.41, 5.74) is 9.65. The third-order valence-electron chi connectivity index (χ3n) is 7.77. The molecule has 0 saturated carbocycles. The van der Waals surface area contributed by atoms with Gasteiger partial charge in [0.2, 0.25) is 17.7 Å². The highest BCUT2D eigenvalue weighted by Gasteiger charge is 2.32. The van der Waals surface area contributed by atoms with Crippen LogP contribution in [0, 0.1) is 5.92 Å². The van der Waals surface area contributed by atoms with Gasteiger partial charge in [-0.25, -0.2) is 4.79 Å². The Morgan fingerprint density at radius 3 is 1.88 bits per heavy atom. The van der Waals surface area contributed by atoms with E-state index in [-0.39, 0.29) is 24.5 Å². The average Bonchev–Trinajstić information content (AvgIpc) is 3.61. The van der Waals surface area contributed by atoms with E-state index < -0.39 is 47.9 Å². The SMILES string of the molecule is CCC(C)C(NC(=O)C(N)Cc1c[nH]c2ccccc12)C(=O)NC(CS)C(=O)NC(Cc1c[nH]c2ccccc12)C(=O)O. The first-order chi connectivity index (χ1) is 20.6. The molecule has 5 atom stereocenters. The first kappa shape index (κ1) is 31.6. The monoisotopic (exact) mass is 606 g/mol. The van der Waals surface area contributed by atoms with Gasteiger partial charge in [-0.1, -0.05) is 56.7 Å². The van der Waals surface area contributed by atoms with E-state index in [1.807, 2.05) is 68.6 Å². The number of amides is 3. The van der Waals surface area contributed by atoms with Crippen molar-refractivity contribution in [3.05, 3.63) is 72.1 Å². The van der Waals surface area contributed by atoms with E-state index in [9.17, 15) is 24.3 Å². The number of carboxylic acids is 1. The number of aromatic nitrogens is 2. The number of carbonyl (C=O) groups excluding carboxylic acids is 3. The molecule has 0 aliphatic carbocycles. The fourth-order valence-corrected chi connectivity index (χ4v) is 5.30. The fourth-order valence-electron chi connectivity index (χ4n) is 5.04. The van der Waals surface area contributed by atoms with Crippen LogP contribution in [-0.4, -0.2) is 68.7 Å². The van der Waals surface area contributed by atoms with Gasteiger partial charge >= 0.3 is 5.97 Å². The molecule has 2 heterocycles. The number of nitrogens with one attached hydrogen (secondary N) is 5. The molecule has 0 fully saturated rings. The highest BCUT2D eigenvalue weighted by atomic mass is 32.1. The number of carbonyl (C=O) groups is 4. The number of fused-ring (bicyclic) bond motifs is 2. The second kappa shape index (κ2) is 14.3. The molecule has 228 valence electrons. The number of rotatable bonds is 14. The maximum absolute atomic E-state index is 13.4. The number of carboxylic acid groups (broad SMARTS) is 1. The molecule has 3 amide bonds. The van der Waals surface area contributed by atoms with Crippen LogP contribution in [0.3, 0.4) is 0 Å². The molecule has 0 aliphatic rings. The highest BCUT2D eigenvalue weighted by Crippen LogP contribution is 2.20. The van der Waals surface area contributed by atoms with E-state index in [4.69, 9.17) is 5.73 Å². The van der Waals surface area contributed by atoms with Crippen LogP contribution >= 0.6 is 12.6 Å². The van der Waals surface area contributed by atoms with Crippen molar-refractivity contribution in [2.24, 2.45) is 11.7 Å². The molecule has 12 heteroatoms. The van der Waals surface area contributed by atoms with Crippen molar-refractivity contribution >= 4 is 58.1 Å². The minimum atomic E-state index is -1.24. The minimum Gasteiger partial charge on any atom is -0.480 e. The number of H-pyrrole nitrogens is 2. The number of hydrogen-bond donors (Lipinski definition) is 8. The lowest BCUT2D eigenvalue weighted by molar-refractivity contribution is -0.142. The predicted octanol–water partition coefficient (Wildman–Crippen LogP) is 2.28. The summed E-state index contributed by atoms with van der Waals surface area (Å²) >= 11 is 4.23. The third-order valence-corrected chi connectivity index (χ3v) is 8.14. The molecule has 5 unspecified atom stereocenters. The van der Waals surface area contributed by atoms with Crippen LogP contribution in [0.15, 0.2) is 60.9 Å². The van der Waals surface area contributed by atoms with Gasteiger partial charge in [0.05, 0.1) is 6.04 Å². The second-order valence-electron chi connectivity index (χ2n) is 10.7. The molecule has 4 aromatic rings. The van der Waals surface area contributed by atoms with Gasteiger partial charge in [0.1, 0.15) is 18.1 Å². The number of nitrogens with two attached hydrogens (primary N) is 1. The van der Waals surface area contributed by atoms with Crippen LogP contribution in [0.2, 0.25) is 0 Å². The number of thiol groups is 1. The number of benzene rings is 2. The van der Waals surface area contributed by atoms with E-state index in [2.05, 4.69) is 38.5 Å². The summed E-state index contributed by atoms with van der Waals surface area (Å²) in [4.78, 5) is 57.9. The molecule has 0 saturated heterocycles. The maximum Gasteiger partial charge on any atom is 0.326 e. The molecule has 0 spiro atoms. The molecule has 2 aromatic heterocycles. The van der Waals surface area contributed by atoms with Crippen LogP contribution < -0.4 is 21.7 Å². The summed E-state index contributed by atoms with van der Waals surface area (Å²) < 4.78 is 0. The Bertz CT molecular complexity index is 1600. The Balaban J connectivity index is 1.40. The van der Waals surface area contributed by atoms with E-state index in [0.29, 0.717) is 6.42 Å². The van der Waals surface area contributed by atoms with E-state index >= 15 is 0 Å². The Kier molecular flexibility index (Phi) is 10.5. The van der Waals surface area contributed by atoms with Crippen LogP contribution in [-0.2, 0) is 32.0 Å². The first-order valence-corrected chi connectivity index (χ1v) is 14.9. The van der Waals surface area contributed by atoms with Gasteiger partial charge in [0, 0.05) is 46.4 Å². The Morgan fingerprint density at radius 2 is 1.35 bits per heavy atom. The van der Waals surface area contributed by atoms with Crippen LogP contribution in [0.25, 0.3) is 21.8 Å². The fraction of sp³-hybridized carbons (Fsp3) is 0.355. The molecular formula is C31H38N6O5S. The summed E-state index contributed by atoms with van der Waals surface area (Å²) in [6, 6.07) is 10.9. The summed E-state index contributed by atoms with van der Waals surface area (Å²) in [5, 5.41) is 19.6. The molecule has 43 heavy (non-hydrogen) atoms. The largest absolute Gasteiger partial charge is 0.480 e. The van der Waals surface area contributed by atoms with Gasteiger partial charge in [-0.3, -0.25) is 14.4 Å². The number of para-hydroxylation sites is 2. The van der Waals surface area contributed by atoms with Gasteiger partial charge in [-0.2, -0.15) is 12.6 Å². The van der Waals surface area contributed by atoms with Crippen molar-refractivity contribution < 1.29 is 24.3 Å². The van der Waals surface area contributed by atoms with Crippen molar-refractivity contribution in [1.82, 2.24) is 25.9 Å². The van der Waals surface area contributed by atoms with Gasteiger partial charge in [-0.05, 0) is 35.6 Å². The highest BCUT2D eigenvalue weighted by molar-refractivity contribution is 7.80. The maximum atomic E-state index is 13.4. The smallest absolute Gasteiger partial charge is 0.326 e. The summed E-state index contributed by atoms with van der Waals surface area (Å²) in [6.07, 6.45) is 4.40. The number of aromatic amines is 2. The Labute approximate surface area is 254 Å². The molecule has 4 rings (SSSR count). The zero-order chi connectivity index (χ0) is 31.1. The van der Waals surface area contributed by atoms with Crippen molar-refractivity contribution in [2.45, 2.75) is 57.3 Å². The van der Waals surface area contributed by atoms with Crippen molar-refractivity contribution in [1.29, 1.82) is 0 Å². The normalized spacial score (nSPS) is 14.9. The predicted molar refractivity (Wildman–Crippen MR) is 169 cm³/mol.